The fourth-order valence-electron chi connectivity index (χ4n) is 3.46. The highest BCUT2D eigenvalue weighted by Gasteiger charge is 2.20. The molecule has 3 rings (SSSR count). The topological polar surface area (TPSA) is 61.8 Å². The number of nitrogens with one attached hydrogen (secondary N) is 2. The zero-order valence-electron chi connectivity index (χ0n) is 18.0. The molecule has 6 nitrogen and oxygen atoms in total. The van der Waals surface area contributed by atoms with Gasteiger partial charge in [0, 0.05) is 51.5 Å². The van der Waals surface area contributed by atoms with E-state index in [1.165, 1.54) is 5.56 Å². The monoisotopic (exact) mass is 523 g/mol. The molecule has 0 spiro atoms. The molecule has 2 N–H and O–H groups in total. The summed E-state index contributed by atoms with van der Waals surface area (Å²) < 4.78 is 5.53. The third-order valence-electron chi connectivity index (χ3n) is 5.11. The lowest BCUT2D eigenvalue weighted by atomic mass is 10.0. The van der Waals surface area contributed by atoms with Crippen LogP contribution in [-0.4, -0.2) is 48.6 Å². The number of aliphatic imine (C=N–C) groups is 1. The summed E-state index contributed by atoms with van der Waals surface area (Å²) in [7, 11) is 1.82. The smallest absolute Gasteiger partial charge is 0.213 e. The third kappa shape index (κ3) is 8.10. The number of ether oxygens (including phenoxy) is 1. The van der Waals surface area contributed by atoms with Crippen molar-refractivity contribution in [1.29, 1.82) is 0 Å². The molecule has 0 radical (unpaired) electrons. The van der Waals surface area contributed by atoms with Gasteiger partial charge in [0.2, 0.25) is 5.88 Å². The van der Waals surface area contributed by atoms with Crippen LogP contribution in [0.1, 0.15) is 37.3 Å². The van der Waals surface area contributed by atoms with Gasteiger partial charge < -0.3 is 15.4 Å². The van der Waals surface area contributed by atoms with E-state index in [0.29, 0.717) is 25.1 Å². The number of hydrogen-bond donors (Lipinski definition) is 2. The Bertz CT molecular complexity index is 746. The molecule has 0 unspecified atom stereocenters. The lowest BCUT2D eigenvalue weighted by molar-refractivity contribution is 0.198. The first-order valence-corrected chi connectivity index (χ1v) is 10.6. The zero-order valence-corrected chi connectivity index (χ0v) is 20.3. The highest BCUT2D eigenvalue weighted by Crippen LogP contribution is 2.14. The second kappa shape index (κ2) is 13.4. The van der Waals surface area contributed by atoms with E-state index in [2.05, 4.69) is 62.8 Å². The van der Waals surface area contributed by atoms with Gasteiger partial charge in [-0.05, 0) is 30.4 Å². The largest absolute Gasteiger partial charge is 0.478 e. The minimum atomic E-state index is 0. The molecular formula is C23H34IN5O. The van der Waals surface area contributed by atoms with Crippen molar-refractivity contribution in [2.75, 3.05) is 26.7 Å². The Morgan fingerprint density at radius 2 is 1.90 bits per heavy atom. The molecule has 1 aliphatic heterocycles. The second-order valence-corrected chi connectivity index (χ2v) is 7.46. The van der Waals surface area contributed by atoms with Crippen LogP contribution in [0.3, 0.4) is 0 Å². The van der Waals surface area contributed by atoms with Gasteiger partial charge in [0.15, 0.2) is 5.96 Å². The van der Waals surface area contributed by atoms with E-state index in [4.69, 9.17) is 4.74 Å². The van der Waals surface area contributed by atoms with Crippen molar-refractivity contribution in [2.24, 2.45) is 4.99 Å². The molecule has 0 atom stereocenters. The van der Waals surface area contributed by atoms with Crippen molar-refractivity contribution in [3.63, 3.8) is 0 Å². The van der Waals surface area contributed by atoms with Gasteiger partial charge >= 0.3 is 0 Å². The molecule has 1 fully saturated rings. The average molecular weight is 523 g/mol. The SMILES string of the molecule is CCCOc1ccc(CNC(=NC)NC2CCN(Cc3ccccc3)CC2)cn1.I. The van der Waals surface area contributed by atoms with E-state index in [1.54, 1.807) is 0 Å². The van der Waals surface area contributed by atoms with Gasteiger partial charge in [-0.3, -0.25) is 9.89 Å². The van der Waals surface area contributed by atoms with Crippen LogP contribution in [0.15, 0.2) is 53.7 Å². The molecule has 2 heterocycles. The number of hydrogen-bond acceptors (Lipinski definition) is 4. The number of benzene rings is 1. The molecule has 7 heteroatoms. The van der Waals surface area contributed by atoms with Crippen molar-refractivity contribution in [3.05, 3.63) is 59.8 Å². The van der Waals surface area contributed by atoms with E-state index in [0.717, 1.165) is 50.4 Å². The molecular weight excluding hydrogens is 489 g/mol. The average Bonchev–Trinajstić information content (AvgIpc) is 2.78. The maximum Gasteiger partial charge on any atom is 0.213 e. The lowest BCUT2D eigenvalue weighted by Gasteiger charge is -2.33. The third-order valence-corrected chi connectivity index (χ3v) is 5.11. The van der Waals surface area contributed by atoms with Crippen LogP contribution in [0.25, 0.3) is 0 Å². The molecule has 164 valence electrons. The minimum Gasteiger partial charge on any atom is -0.478 e. The number of halogens is 1. The van der Waals surface area contributed by atoms with Crippen molar-refractivity contribution < 1.29 is 4.74 Å². The number of guanidine groups is 1. The minimum absolute atomic E-state index is 0. The number of aromatic nitrogens is 1. The highest BCUT2D eigenvalue weighted by atomic mass is 127. The summed E-state index contributed by atoms with van der Waals surface area (Å²) in [5.41, 5.74) is 2.49. The number of likely N-dealkylation sites (tertiary alicyclic amines) is 1. The van der Waals surface area contributed by atoms with Crippen LogP contribution in [0.2, 0.25) is 0 Å². The normalized spacial score (nSPS) is 15.3. The van der Waals surface area contributed by atoms with Gasteiger partial charge in [-0.15, -0.1) is 24.0 Å². The first kappa shape index (κ1) is 24.4. The van der Waals surface area contributed by atoms with Gasteiger partial charge in [0.1, 0.15) is 0 Å². The summed E-state index contributed by atoms with van der Waals surface area (Å²) in [4.78, 5) is 11.3. The van der Waals surface area contributed by atoms with Crippen LogP contribution in [0.5, 0.6) is 5.88 Å². The van der Waals surface area contributed by atoms with E-state index >= 15 is 0 Å². The predicted molar refractivity (Wildman–Crippen MR) is 134 cm³/mol. The van der Waals surface area contributed by atoms with Crippen molar-refractivity contribution in [1.82, 2.24) is 20.5 Å². The van der Waals surface area contributed by atoms with E-state index < -0.39 is 0 Å². The van der Waals surface area contributed by atoms with Crippen LogP contribution in [-0.2, 0) is 13.1 Å². The molecule has 0 amide bonds. The Balaban J connectivity index is 0.00000320. The van der Waals surface area contributed by atoms with Gasteiger partial charge in [-0.25, -0.2) is 4.98 Å². The molecule has 0 bridgehead atoms. The van der Waals surface area contributed by atoms with Gasteiger partial charge in [0.05, 0.1) is 6.61 Å². The molecule has 2 aromatic rings. The number of nitrogens with zero attached hydrogens (tertiary/aromatic N) is 3. The highest BCUT2D eigenvalue weighted by molar-refractivity contribution is 14.0. The quantitative estimate of drug-likeness (QED) is 0.313. The van der Waals surface area contributed by atoms with Crippen LogP contribution < -0.4 is 15.4 Å². The van der Waals surface area contributed by atoms with Crippen molar-refractivity contribution >= 4 is 29.9 Å². The molecule has 1 aromatic heterocycles. The standard InChI is InChI=1S/C23H33N5O.HI/c1-3-15-29-22-10-9-20(16-25-22)17-26-23(24-2)27-21-11-13-28(14-12-21)18-19-7-5-4-6-8-19;/h4-10,16,21H,3,11-15,17-18H2,1-2H3,(H2,24,26,27);1H. The fraction of sp³-hybridized carbons (Fsp3) is 0.478. The summed E-state index contributed by atoms with van der Waals surface area (Å²) in [6, 6.07) is 15.1. The Morgan fingerprint density at radius 1 is 1.13 bits per heavy atom. The van der Waals surface area contributed by atoms with Crippen LogP contribution in [0, 0.1) is 0 Å². The summed E-state index contributed by atoms with van der Waals surface area (Å²) in [5.74, 6) is 1.53. The molecule has 0 saturated carbocycles. The first-order chi connectivity index (χ1) is 14.3. The maximum absolute atomic E-state index is 5.53. The van der Waals surface area contributed by atoms with Gasteiger partial charge in [-0.2, -0.15) is 0 Å². The zero-order chi connectivity index (χ0) is 20.3. The molecule has 0 aliphatic carbocycles. The first-order valence-electron chi connectivity index (χ1n) is 10.6. The van der Waals surface area contributed by atoms with Gasteiger partial charge in [-0.1, -0.05) is 43.3 Å². The van der Waals surface area contributed by atoms with Crippen molar-refractivity contribution in [2.45, 2.75) is 45.3 Å². The molecule has 30 heavy (non-hydrogen) atoms. The molecule has 1 aliphatic rings. The number of piperidine rings is 1. The molecule has 1 aromatic carbocycles. The Hall–Kier alpha value is -1.87. The van der Waals surface area contributed by atoms with Crippen molar-refractivity contribution in [3.8, 4) is 5.88 Å². The van der Waals surface area contributed by atoms with E-state index in [-0.39, 0.29) is 24.0 Å². The fourth-order valence-corrected chi connectivity index (χ4v) is 3.46. The summed E-state index contributed by atoms with van der Waals surface area (Å²) in [6.45, 7) is 6.72. The summed E-state index contributed by atoms with van der Waals surface area (Å²) in [5, 5.41) is 6.96. The Labute approximate surface area is 197 Å². The number of rotatable bonds is 8. The molecule has 1 saturated heterocycles. The summed E-state index contributed by atoms with van der Waals surface area (Å²) >= 11 is 0. The predicted octanol–water partition coefficient (Wildman–Crippen LogP) is 3.82. The van der Waals surface area contributed by atoms with Gasteiger partial charge in [0.25, 0.3) is 0 Å². The Morgan fingerprint density at radius 3 is 2.53 bits per heavy atom. The lowest BCUT2D eigenvalue weighted by Crippen LogP contribution is -2.48. The van der Waals surface area contributed by atoms with E-state index in [9.17, 15) is 0 Å². The second-order valence-electron chi connectivity index (χ2n) is 7.46. The van der Waals surface area contributed by atoms with Crippen LogP contribution >= 0.6 is 24.0 Å². The summed E-state index contributed by atoms with van der Waals surface area (Å²) in [6.07, 6.45) is 5.09. The number of pyridine rings is 1. The maximum atomic E-state index is 5.53. The van der Waals surface area contributed by atoms with Crippen LogP contribution in [0.4, 0.5) is 0 Å². The Kier molecular flexibility index (Phi) is 10.9. The van der Waals surface area contributed by atoms with E-state index in [1.807, 2.05) is 25.4 Å².